The summed E-state index contributed by atoms with van der Waals surface area (Å²) in [6, 6.07) is 1.98. The summed E-state index contributed by atoms with van der Waals surface area (Å²) in [5, 5.41) is 3.61. The number of hydrogen-bond acceptors (Lipinski definition) is 3. The lowest BCUT2D eigenvalue weighted by Gasteiger charge is -2.41. The number of nitrogens with zero attached hydrogens (tertiary/aromatic N) is 2. The first-order valence-electron chi connectivity index (χ1n) is 7.24. The minimum atomic E-state index is 0.622. The molecule has 102 valence electrons. The molecule has 17 heavy (non-hydrogen) atoms. The van der Waals surface area contributed by atoms with Crippen LogP contribution in [0.4, 0.5) is 0 Å². The third kappa shape index (κ3) is 4.23. The van der Waals surface area contributed by atoms with Gasteiger partial charge in [0.25, 0.3) is 0 Å². The van der Waals surface area contributed by atoms with Gasteiger partial charge in [0, 0.05) is 24.7 Å². The molecule has 0 spiro atoms. The van der Waals surface area contributed by atoms with Crippen LogP contribution in [0.25, 0.3) is 0 Å². The highest BCUT2D eigenvalue weighted by Crippen LogP contribution is 2.17. The summed E-state index contributed by atoms with van der Waals surface area (Å²) in [6.45, 7) is 10.4. The Balaban J connectivity index is 2.51. The molecule has 0 aromatic rings. The molecule has 1 saturated heterocycles. The second kappa shape index (κ2) is 7.34. The van der Waals surface area contributed by atoms with Crippen LogP contribution in [0.2, 0.25) is 0 Å². The van der Waals surface area contributed by atoms with E-state index in [9.17, 15) is 0 Å². The monoisotopic (exact) mass is 241 g/mol. The van der Waals surface area contributed by atoms with Crippen LogP contribution in [0.1, 0.15) is 40.0 Å². The van der Waals surface area contributed by atoms with Crippen molar-refractivity contribution in [1.29, 1.82) is 0 Å². The van der Waals surface area contributed by atoms with Crippen molar-refractivity contribution in [3.63, 3.8) is 0 Å². The van der Waals surface area contributed by atoms with E-state index in [1.807, 2.05) is 0 Å². The van der Waals surface area contributed by atoms with Gasteiger partial charge < -0.3 is 10.2 Å². The predicted octanol–water partition coefficient (Wildman–Crippen LogP) is 1.79. The third-order valence-corrected chi connectivity index (χ3v) is 4.31. The first kappa shape index (κ1) is 14.9. The van der Waals surface area contributed by atoms with Gasteiger partial charge in [-0.3, -0.25) is 4.90 Å². The van der Waals surface area contributed by atoms with Crippen LogP contribution in [0.15, 0.2) is 0 Å². The summed E-state index contributed by atoms with van der Waals surface area (Å²) in [5.74, 6) is 0. The molecule has 0 bridgehead atoms. The van der Waals surface area contributed by atoms with Crippen LogP contribution in [-0.2, 0) is 0 Å². The van der Waals surface area contributed by atoms with Crippen molar-refractivity contribution in [3.8, 4) is 0 Å². The standard InChI is InChI=1S/C14H31N3/c1-6-14(15-7-2)12(3)17(5)13-9-8-10-16(4)11-13/h12-15H,6-11H2,1-5H3. The maximum atomic E-state index is 3.61. The van der Waals surface area contributed by atoms with E-state index < -0.39 is 0 Å². The minimum absolute atomic E-state index is 0.622. The summed E-state index contributed by atoms with van der Waals surface area (Å²) in [6.07, 6.45) is 3.91. The van der Waals surface area contributed by atoms with Gasteiger partial charge in [-0.1, -0.05) is 13.8 Å². The molecule has 0 aromatic carbocycles. The van der Waals surface area contributed by atoms with Crippen molar-refractivity contribution in [3.05, 3.63) is 0 Å². The van der Waals surface area contributed by atoms with E-state index in [0.29, 0.717) is 12.1 Å². The topological polar surface area (TPSA) is 18.5 Å². The van der Waals surface area contributed by atoms with Crippen LogP contribution in [0.3, 0.4) is 0 Å². The molecule has 1 heterocycles. The fraction of sp³-hybridized carbons (Fsp3) is 1.00. The number of likely N-dealkylation sites (tertiary alicyclic amines) is 1. The molecular formula is C14H31N3. The third-order valence-electron chi connectivity index (χ3n) is 4.31. The Hall–Kier alpha value is -0.120. The van der Waals surface area contributed by atoms with Gasteiger partial charge in [-0.05, 0) is 53.4 Å². The normalized spacial score (nSPS) is 26.1. The van der Waals surface area contributed by atoms with Gasteiger partial charge in [-0.25, -0.2) is 0 Å². The second-order valence-electron chi connectivity index (χ2n) is 5.54. The molecule has 0 saturated carbocycles. The van der Waals surface area contributed by atoms with E-state index in [1.165, 1.54) is 32.4 Å². The van der Waals surface area contributed by atoms with E-state index in [4.69, 9.17) is 0 Å². The van der Waals surface area contributed by atoms with Gasteiger partial charge in [-0.15, -0.1) is 0 Å². The molecule has 1 rings (SSSR count). The number of likely N-dealkylation sites (N-methyl/N-ethyl adjacent to an activating group) is 3. The van der Waals surface area contributed by atoms with Crippen molar-refractivity contribution >= 4 is 0 Å². The Bertz CT molecular complexity index is 208. The lowest BCUT2D eigenvalue weighted by Crippen LogP contribution is -2.54. The molecule has 3 heteroatoms. The number of hydrogen-bond donors (Lipinski definition) is 1. The Labute approximate surface area is 108 Å². The van der Waals surface area contributed by atoms with Crippen molar-refractivity contribution in [1.82, 2.24) is 15.1 Å². The van der Waals surface area contributed by atoms with Gasteiger partial charge >= 0.3 is 0 Å². The van der Waals surface area contributed by atoms with E-state index >= 15 is 0 Å². The lowest BCUT2D eigenvalue weighted by atomic mass is 9.99. The van der Waals surface area contributed by atoms with Gasteiger partial charge in [0.05, 0.1) is 0 Å². The largest absolute Gasteiger partial charge is 0.313 e. The van der Waals surface area contributed by atoms with Crippen LogP contribution in [0, 0.1) is 0 Å². The molecule has 3 unspecified atom stereocenters. The van der Waals surface area contributed by atoms with Crippen molar-refractivity contribution in [2.75, 3.05) is 33.7 Å². The minimum Gasteiger partial charge on any atom is -0.313 e. The molecule has 3 atom stereocenters. The molecule has 0 amide bonds. The smallest absolute Gasteiger partial charge is 0.0223 e. The first-order chi connectivity index (χ1) is 8.10. The van der Waals surface area contributed by atoms with Gasteiger partial charge in [0.2, 0.25) is 0 Å². The molecule has 0 aromatic heterocycles. The Morgan fingerprint density at radius 3 is 2.65 bits per heavy atom. The zero-order chi connectivity index (χ0) is 12.8. The molecule has 1 N–H and O–H groups in total. The van der Waals surface area contributed by atoms with E-state index in [1.54, 1.807) is 0 Å². The summed E-state index contributed by atoms with van der Waals surface area (Å²) in [4.78, 5) is 5.05. The molecule has 1 aliphatic heterocycles. The van der Waals surface area contributed by atoms with Crippen LogP contribution in [-0.4, -0.2) is 61.7 Å². The van der Waals surface area contributed by atoms with E-state index in [-0.39, 0.29) is 0 Å². The average molecular weight is 241 g/mol. The Morgan fingerprint density at radius 1 is 1.41 bits per heavy atom. The summed E-state index contributed by atoms with van der Waals surface area (Å²) < 4.78 is 0. The van der Waals surface area contributed by atoms with Crippen LogP contribution in [0.5, 0.6) is 0 Å². The van der Waals surface area contributed by atoms with E-state index in [2.05, 4.69) is 50.0 Å². The van der Waals surface area contributed by atoms with Crippen LogP contribution < -0.4 is 5.32 Å². The van der Waals surface area contributed by atoms with Gasteiger partial charge in [-0.2, -0.15) is 0 Å². The molecular weight excluding hydrogens is 210 g/mol. The van der Waals surface area contributed by atoms with E-state index in [0.717, 1.165) is 12.6 Å². The highest BCUT2D eigenvalue weighted by Gasteiger charge is 2.27. The van der Waals surface area contributed by atoms with Crippen LogP contribution >= 0.6 is 0 Å². The molecule has 1 fully saturated rings. The molecule has 1 aliphatic rings. The number of rotatable bonds is 6. The molecule has 0 aliphatic carbocycles. The molecule has 3 nitrogen and oxygen atoms in total. The highest BCUT2D eigenvalue weighted by molar-refractivity contribution is 4.85. The Kier molecular flexibility index (Phi) is 6.45. The number of piperidine rings is 1. The zero-order valence-electron chi connectivity index (χ0n) is 12.4. The SMILES string of the molecule is CCNC(CC)C(C)N(C)C1CCCN(C)C1. The summed E-state index contributed by atoms with van der Waals surface area (Å²) in [5.41, 5.74) is 0. The summed E-state index contributed by atoms with van der Waals surface area (Å²) >= 11 is 0. The fourth-order valence-corrected chi connectivity index (χ4v) is 3.01. The Morgan fingerprint density at radius 2 is 2.12 bits per heavy atom. The fourth-order valence-electron chi connectivity index (χ4n) is 3.01. The van der Waals surface area contributed by atoms with Crippen molar-refractivity contribution < 1.29 is 0 Å². The predicted molar refractivity (Wildman–Crippen MR) is 75.5 cm³/mol. The first-order valence-corrected chi connectivity index (χ1v) is 7.24. The highest BCUT2D eigenvalue weighted by atomic mass is 15.2. The van der Waals surface area contributed by atoms with Gasteiger partial charge in [0.15, 0.2) is 0 Å². The average Bonchev–Trinajstić information content (AvgIpc) is 2.34. The maximum absolute atomic E-state index is 3.61. The van der Waals surface area contributed by atoms with Gasteiger partial charge in [0.1, 0.15) is 0 Å². The number of nitrogens with one attached hydrogen (secondary N) is 1. The lowest BCUT2D eigenvalue weighted by molar-refractivity contribution is 0.0875. The second-order valence-corrected chi connectivity index (χ2v) is 5.54. The van der Waals surface area contributed by atoms with Crippen molar-refractivity contribution in [2.24, 2.45) is 0 Å². The summed E-state index contributed by atoms with van der Waals surface area (Å²) in [7, 11) is 4.54. The molecule has 0 radical (unpaired) electrons. The quantitative estimate of drug-likeness (QED) is 0.765. The van der Waals surface area contributed by atoms with Crippen molar-refractivity contribution in [2.45, 2.75) is 58.2 Å². The zero-order valence-corrected chi connectivity index (χ0v) is 12.4. The maximum Gasteiger partial charge on any atom is 0.0223 e.